The second-order valence-electron chi connectivity index (χ2n) is 2.92. The van der Waals surface area contributed by atoms with Crippen LogP contribution < -0.4 is 5.73 Å². The van der Waals surface area contributed by atoms with E-state index in [0.717, 1.165) is 0 Å². The van der Waals surface area contributed by atoms with E-state index in [1.54, 1.807) is 0 Å². The molecule has 2 rings (SSSR count). The van der Waals surface area contributed by atoms with E-state index in [4.69, 9.17) is 5.73 Å². The van der Waals surface area contributed by atoms with Gasteiger partial charge in [0.15, 0.2) is 0 Å². The Bertz CT molecular complexity index is 218. The number of nitrogens with two attached hydrogens (primary N) is 1. The summed E-state index contributed by atoms with van der Waals surface area (Å²) in [5.74, 6) is 0.654. The third-order valence-electron chi connectivity index (χ3n) is 2.07. The lowest BCUT2D eigenvalue weighted by Gasteiger charge is -1.94. The average Bonchev–Trinajstić information content (AvgIpc) is 2.88. The number of hydrogen-bond donors (Lipinski definition) is 1. The van der Waals surface area contributed by atoms with Gasteiger partial charge in [0.1, 0.15) is 0 Å². The third kappa shape index (κ3) is 2.08. The SMILES string of the molecule is CC.NC1CC1c1ccccc1. The molecule has 1 aromatic carbocycles. The van der Waals surface area contributed by atoms with Crippen LogP contribution in [0.3, 0.4) is 0 Å². The van der Waals surface area contributed by atoms with Gasteiger partial charge in [-0.1, -0.05) is 44.2 Å². The van der Waals surface area contributed by atoms with Gasteiger partial charge in [-0.15, -0.1) is 0 Å². The molecule has 2 unspecified atom stereocenters. The van der Waals surface area contributed by atoms with Crippen LogP contribution in [0.1, 0.15) is 31.7 Å². The van der Waals surface area contributed by atoms with E-state index in [1.807, 2.05) is 19.9 Å². The van der Waals surface area contributed by atoms with Crippen LogP contribution in [0.5, 0.6) is 0 Å². The van der Waals surface area contributed by atoms with Crippen LogP contribution in [-0.4, -0.2) is 6.04 Å². The molecule has 0 saturated heterocycles. The van der Waals surface area contributed by atoms with Crippen molar-refractivity contribution in [2.75, 3.05) is 0 Å². The van der Waals surface area contributed by atoms with Crippen LogP contribution in [-0.2, 0) is 0 Å². The lowest BCUT2D eigenvalue weighted by atomic mass is 10.1. The van der Waals surface area contributed by atoms with Gasteiger partial charge in [0.05, 0.1) is 0 Å². The molecule has 0 bridgehead atoms. The fourth-order valence-corrected chi connectivity index (χ4v) is 1.30. The smallest absolute Gasteiger partial charge is 0.0115 e. The second kappa shape index (κ2) is 4.27. The monoisotopic (exact) mass is 163 g/mol. The summed E-state index contributed by atoms with van der Waals surface area (Å²) < 4.78 is 0. The normalized spacial score (nSPS) is 25.6. The van der Waals surface area contributed by atoms with E-state index in [-0.39, 0.29) is 0 Å². The first-order valence-electron chi connectivity index (χ1n) is 4.68. The number of benzene rings is 1. The van der Waals surface area contributed by atoms with E-state index in [2.05, 4.69) is 24.3 Å². The minimum atomic E-state index is 0.433. The Balaban J connectivity index is 0.000000336. The first-order valence-corrected chi connectivity index (χ1v) is 4.68. The maximum Gasteiger partial charge on any atom is 0.0115 e. The average molecular weight is 163 g/mol. The van der Waals surface area contributed by atoms with E-state index >= 15 is 0 Å². The van der Waals surface area contributed by atoms with Gasteiger partial charge >= 0.3 is 0 Å². The van der Waals surface area contributed by atoms with Crippen molar-refractivity contribution in [2.45, 2.75) is 32.2 Å². The summed E-state index contributed by atoms with van der Waals surface area (Å²) in [6.45, 7) is 4.00. The predicted molar refractivity (Wildman–Crippen MR) is 53.1 cm³/mol. The zero-order chi connectivity index (χ0) is 8.97. The van der Waals surface area contributed by atoms with Crippen LogP contribution in [0.25, 0.3) is 0 Å². The third-order valence-corrected chi connectivity index (χ3v) is 2.07. The van der Waals surface area contributed by atoms with Crippen molar-refractivity contribution >= 4 is 0 Å². The molecule has 66 valence electrons. The summed E-state index contributed by atoms with van der Waals surface area (Å²) in [4.78, 5) is 0. The Labute approximate surface area is 74.6 Å². The van der Waals surface area contributed by atoms with Gasteiger partial charge in [-0.3, -0.25) is 0 Å². The highest BCUT2D eigenvalue weighted by atomic mass is 14.7. The fraction of sp³-hybridized carbons (Fsp3) is 0.455. The zero-order valence-electron chi connectivity index (χ0n) is 7.83. The largest absolute Gasteiger partial charge is 0.327 e. The zero-order valence-corrected chi connectivity index (χ0v) is 7.83. The Kier molecular flexibility index (Phi) is 3.30. The summed E-state index contributed by atoms with van der Waals surface area (Å²) in [5, 5.41) is 0. The summed E-state index contributed by atoms with van der Waals surface area (Å²) in [5.41, 5.74) is 7.10. The van der Waals surface area contributed by atoms with E-state index < -0.39 is 0 Å². The maximum atomic E-state index is 5.70. The van der Waals surface area contributed by atoms with E-state index in [1.165, 1.54) is 12.0 Å². The predicted octanol–water partition coefficient (Wildman–Crippen LogP) is 2.53. The van der Waals surface area contributed by atoms with Crippen LogP contribution in [0, 0.1) is 0 Å². The Morgan fingerprint density at radius 1 is 1.17 bits per heavy atom. The molecule has 1 saturated carbocycles. The molecule has 0 amide bonds. The molecule has 2 N–H and O–H groups in total. The number of rotatable bonds is 1. The van der Waals surface area contributed by atoms with Crippen molar-refractivity contribution in [3.63, 3.8) is 0 Å². The summed E-state index contributed by atoms with van der Waals surface area (Å²) in [7, 11) is 0. The lowest BCUT2D eigenvalue weighted by Crippen LogP contribution is -2.00. The van der Waals surface area contributed by atoms with E-state index in [0.29, 0.717) is 12.0 Å². The fourth-order valence-electron chi connectivity index (χ4n) is 1.30. The van der Waals surface area contributed by atoms with Crippen molar-refractivity contribution < 1.29 is 0 Å². The second-order valence-corrected chi connectivity index (χ2v) is 2.92. The molecule has 2 atom stereocenters. The first kappa shape index (κ1) is 9.27. The highest BCUT2D eigenvalue weighted by molar-refractivity contribution is 5.26. The molecule has 1 aromatic rings. The van der Waals surface area contributed by atoms with Gasteiger partial charge in [-0.05, 0) is 12.0 Å². The molecule has 0 spiro atoms. The molecular formula is C11H17N. The molecule has 1 nitrogen and oxygen atoms in total. The van der Waals surface area contributed by atoms with Crippen molar-refractivity contribution in [1.29, 1.82) is 0 Å². The molecular weight excluding hydrogens is 146 g/mol. The summed E-state index contributed by atoms with van der Waals surface area (Å²) in [6.07, 6.45) is 1.17. The van der Waals surface area contributed by atoms with Gasteiger partial charge in [-0.2, -0.15) is 0 Å². The molecule has 0 radical (unpaired) electrons. The van der Waals surface area contributed by atoms with Crippen LogP contribution >= 0.6 is 0 Å². The van der Waals surface area contributed by atoms with Crippen LogP contribution in [0.4, 0.5) is 0 Å². The van der Waals surface area contributed by atoms with Crippen LogP contribution in [0.2, 0.25) is 0 Å². The number of hydrogen-bond acceptors (Lipinski definition) is 1. The Morgan fingerprint density at radius 3 is 2.08 bits per heavy atom. The van der Waals surface area contributed by atoms with E-state index in [9.17, 15) is 0 Å². The lowest BCUT2D eigenvalue weighted by molar-refractivity contribution is 0.991. The summed E-state index contributed by atoms with van der Waals surface area (Å²) >= 11 is 0. The molecule has 1 fully saturated rings. The molecule has 0 heterocycles. The highest BCUT2D eigenvalue weighted by Crippen LogP contribution is 2.38. The van der Waals surface area contributed by atoms with Crippen molar-refractivity contribution in [2.24, 2.45) is 5.73 Å². The van der Waals surface area contributed by atoms with Gasteiger partial charge in [0.25, 0.3) is 0 Å². The van der Waals surface area contributed by atoms with Gasteiger partial charge in [0, 0.05) is 12.0 Å². The van der Waals surface area contributed by atoms with Crippen molar-refractivity contribution in [1.82, 2.24) is 0 Å². The topological polar surface area (TPSA) is 26.0 Å². The van der Waals surface area contributed by atoms with Gasteiger partial charge in [-0.25, -0.2) is 0 Å². The maximum absolute atomic E-state index is 5.70. The van der Waals surface area contributed by atoms with Gasteiger partial charge < -0.3 is 5.73 Å². The molecule has 1 heteroatoms. The Morgan fingerprint density at radius 2 is 1.67 bits per heavy atom. The minimum Gasteiger partial charge on any atom is -0.327 e. The molecule has 12 heavy (non-hydrogen) atoms. The quantitative estimate of drug-likeness (QED) is 0.676. The molecule has 0 aromatic heterocycles. The molecule has 1 aliphatic carbocycles. The standard InChI is InChI=1S/C9H11N.C2H6/c10-9-6-8(9)7-4-2-1-3-5-7;1-2/h1-5,8-9H,6,10H2;1-2H3. The molecule has 1 aliphatic rings. The van der Waals surface area contributed by atoms with Crippen molar-refractivity contribution in [3.8, 4) is 0 Å². The molecule has 0 aliphatic heterocycles. The van der Waals surface area contributed by atoms with Crippen molar-refractivity contribution in [3.05, 3.63) is 35.9 Å². The summed E-state index contributed by atoms with van der Waals surface area (Å²) in [6, 6.07) is 10.9. The minimum absolute atomic E-state index is 0.433. The van der Waals surface area contributed by atoms with Crippen LogP contribution in [0.15, 0.2) is 30.3 Å². The van der Waals surface area contributed by atoms with Gasteiger partial charge in [0.2, 0.25) is 0 Å². The highest BCUT2D eigenvalue weighted by Gasteiger charge is 2.34. The first-order chi connectivity index (χ1) is 5.88. The Hall–Kier alpha value is -0.820.